The molecule has 0 heterocycles. The van der Waals surface area contributed by atoms with Crippen LogP contribution in [0.1, 0.15) is 0 Å². The Balaban J connectivity index is 0. The Morgan fingerprint density at radius 3 is 1.80 bits per heavy atom. The molecular weight excluding hydrogens is 224 g/mol. The summed E-state index contributed by atoms with van der Waals surface area (Å²) in [6.45, 7) is 0. The first-order chi connectivity index (χ1) is 3.85. The van der Waals surface area contributed by atoms with Crippen LogP contribution >= 0.6 is 0 Å². The number of nitrogens with one attached hydrogen (secondary N) is 1. The van der Waals surface area contributed by atoms with Gasteiger partial charge in [-0.3, -0.25) is 9.62 Å². The fourth-order valence-electron chi connectivity index (χ4n) is 0.0945. The van der Waals surface area contributed by atoms with E-state index >= 15 is 0 Å². The molecule has 8 heteroatoms. The summed E-state index contributed by atoms with van der Waals surface area (Å²) in [6.07, 6.45) is -5.05. The molecule has 0 radical (unpaired) electrons. The molecule has 0 rings (SSSR count). The van der Waals surface area contributed by atoms with E-state index in [1.165, 1.54) is 0 Å². The summed E-state index contributed by atoms with van der Waals surface area (Å²) < 4.78 is 52.0. The Morgan fingerprint density at radius 1 is 1.50 bits per heavy atom. The van der Waals surface area contributed by atoms with Gasteiger partial charge in [-0.25, -0.2) is 0 Å². The summed E-state index contributed by atoms with van der Waals surface area (Å²) in [5, 5.41) is 3.61. The number of alkyl halides is 3. The van der Waals surface area contributed by atoms with Gasteiger partial charge in [0.15, 0.2) is 5.04 Å². The zero-order chi connectivity index (χ0) is 7.65. The second-order valence-corrected chi connectivity index (χ2v) is 1.94. The van der Waals surface area contributed by atoms with E-state index in [-0.39, 0.29) is 19.5 Å². The van der Waals surface area contributed by atoms with E-state index in [1.807, 2.05) is 0 Å². The Kier molecular flexibility index (Phi) is 5.33. The van der Waals surface area contributed by atoms with Crippen LogP contribution in [0.3, 0.4) is 0 Å². The van der Waals surface area contributed by atoms with Gasteiger partial charge in [0.25, 0.3) is 0 Å². The molecule has 1 unspecified atom stereocenters. The van der Waals surface area contributed by atoms with Crippen LogP contribution in [0.2, 0.25) is 0 Å². The third-order valence-electron chi connectivity index (χ3n) is 0.424. The molecule has 0 aromatic rings. The third kappa shape index (κ3) is 4.08. The Labute approximate surface area is 69.5 Å². The molecule has 0 saturated heterocycles. The first-order valence-corrected chi connectivity index (χ1v) is 2.68. The maximum absolute atomic E-state index is 11.1. The number of halogens is 3. The van der Waals surface area contributed by atoms with E-state index in [0.717, 1.165) is 0 Å². The van der Waals surface area contributed by atoms with E-state index < -0.39 is 22.3 Å². The standard InChI is InChI=1S/C2H2F3NO2S.Zn/c3-2(4,5)1(6)9(7)8;/h6H,(H,7,8);/p-1. The SMILES string of the molecule is N=C(S(=O)[O-])C(F)(F)F.[Zn]. The maximum atomic E-state index is 11.1. The van der Waals surface area contributed by atoms with Crippen molar-refractivity contribution >= 4 is 16.1 Å². The van der Waals surface area contributed by atoms with Crippen LogP contribution in [0.15, 0.2) is 0 Å². The van der Waals surface area contributed by atoms with E-state index in [2.05, 4.69) is 0 Å². The van der Waals surface area contributed by atoms with Crippen LogP contribution in [-0.2, 0) is 30.6 Å². The summed E-state index contributed by atoms with van der Waals surface area (Å²) in [4.78, 5) is 0. The van der Waals surface area contributed by atoms with Gasteiger partial charge < -0.3 is 4.55 Å². The average molecular weight is 225 g/mol. The van der Waals surface area contributed by atoms with Crippen LogP contribution in [0.5, 0.6) is 0 Å². The molecule has 1 N–H and O–H groups in total. The minimum atomic E-state index is -5.05. The van der Waals surface area contributed by atoms with E-state index in [9.17, 15) is 21.9 Å². The zero-order valence-corrected chi connectivity index (χ0v) is 8.35. The second kappa shape index (κ2) is 4.15. The van der Waals surface area contributed by atoms with Crippen molar-refractivity contribution in [2.45, 2.75) is 6.18 Å². The number of hydrogen-bond donors (Lipinski definition) is 1. The molecule has 0 amide bonds. The summed E-state index contributed by atoms with van der Waals surface area (Å²) >= 11 is -3.47. The van der Waals surface area contributed by atoms with Crippen LogP contribution in [-0.4, -0.2) is 20.0 Å². The van der Waals surface area contributed by atoms with Gasteiger partial charge in [-0.05, 0) is 0 Å². The molecule has 0 saturated carbocycles. The van der Waals surface area contributed by atoms with Crippen LogP contribution in [0.4, 0.5) is 13.2 Å². The van der Waals surface area contributed by atoms with Crippen molar-refractivity contribution in [3.8, 4) is 0 Å². The van der Waals surface area contributed by atoms with E-state index in [4.69, 9.17) is 5.41 Å². The van der Waals surface area contributed by atoms with Gasteiger partial charge in [0, 0.05) is 30.6 Å². The van der Waals surface area contributed by atoms with Gasteiger partial charge in [0.2, 0.25) is 0 Å². The molecule has 0 aliphatic rings. The molecule has 0 aliphatic carbocycles. The third-order valence-corrected chi connectivity index (χ3v) is 0.989. The van der Waals surface area contributed by atoms with Crippen molar-refractivity contribution in [2.24, 2.45) is 0 Å². The molecule has 0 aromatic heterocycles. The van der Waals surface area contributed by atoms with Gasteiger partial charge in [-0.2, -0.15) is 13.2 Å². The van der Waals surface area contributed by atoms with Gasteiger partial charge in [0.05, 0.1) is 0 Å². The van der Waals surface area contributed by atoms with Crippen molar-refractivity contribution in [1.82, 2.24) is 0 Å². The van der Waals surface area contributed by atoms with Gasteiger partial charge in [0.1, 0.15) is 0 Å². The first kappa shape index (κ1) is 12.8. The molecule has 0 aromatic carbocycles. The maximum Gasteiger partial charge on any atom is 0.440 e. The van der Waals surface area contributed by atoms with Crippen LogP contribution in [0.25, 0.3) is 0 Å². The van der Waals surface area contributed by atoms with Crippen molar-refractivity contribution in [1.29, 1.82) is 5.41 Å². The Morgan fingerprint density at radius 2 is 1.80 bits per heavy atom. The molecule has 0 aliphatic heterocycles. The summed E-state index contributed by atoms with van der Waals surface area (Å²) in [5.74, 6) is 0. The predicted molar refractivity (Wildman–Crippen MR) is 22.7 cm³/mol. The van der Waals surface area contributed by atoms with Gasteiger partial charge in [-0.15, -0.1) is 0 Å². The second-order valence-electron chi connectivity index (χ2n) is 1.06. The average Bonchev–Trinajstić information content (AvgIpc) is 1.62. The fraction of sp³-hybridized carbons (Fsp3) is 0.500. The summed E-state index contributed by atoms with van der Waals surface area (Å²) in [7, 11) is 0. The summed E-state index contributed by atoms with van der Waals surface area (Å²) in [5.41, 5.74) is 0. The molecule has 0 bridgehead atoms. The molecule has 56 valence electrons. The number of rotatable bonds is 0. The Hall–Kier alpha value is 0.193. The fourth-order valence-corrected chi connectivity index (χ4v) is 0.283. The first-order valence-electron chi connectivity index (χ1n) is 1.60. The quantitative estimate of drug-likeness (QED) is 0.281. The van der Waals surface area contributed by atoms with Crippen molar-refractivity contribution in [2.75, 3.05) is 0 Å². The van der Waals surface area contributed by atoms with Gasteiger partial charge in [-0.1, -0.05) is 0 Å². The predicted octanol–water partition coefficient (Wildman–Crippen LogP) is 0.403. The molecule has 0 fully saturated rings. The molecule has 0 spiro atoms. The minimum absolute atomic E-state index is 0. The molecular formula is C2HF3NO2SZn-. The Bertz CT molecular complexity index is 157. The van der Waals surface area contributed by atoms with Crippen molar-refractivity contribution in [3.05, 3.63) is 0 Å². The molecule has 10 heavy (non-hydrogen) atoms. The van der Waals surface area contributed by atoms with E-state index in [1.54, 1.807) is 0 Å². The summed E-state index contributed by atoms with van der Waals surface area (Å²) in [6, 6.07) is 0. The molecule has 3 nitrogen and oxygen atoms in total. The van der Waals surface area contributed by atoms with Crippen LogP contribution in [0, 0.1) is 5.41 Å². The molecule has 1 atom stereocenters. The topological polar surface area (TPSA) is 64.0 Å². The number of hydrogen-bond acceptors (Lipinski definition) is 3. The van der Waals surface area contributed by atoms with E-state index in [0.29, 0.717) is 0 Å². The van der Waals surface area contributed by atoms with Crippen molar-refractivity contribution < 1.29 is 41.4 Å². The van der Waals surface area contributed by atoms with Gasteiger partial charge >= 0.3 is 6.18 Å². The minimum Gasteiger partial charge on any atom is -0.767 e. The zero-order valence-electron chi connectivity index (χ0n) is 4.57. The smallest absolute Gasteiger partial charge is 0.440 e. The normalized spacial score (nSPS) is 13.6. The largest absolute Gasteiger partial charge is 0.767 e. The monoisotopic (exact) mass is 224 g/mol. The van der Waals surface area contributed by atoms with Crippen LogP contribution < -0.4 is 0 Å². The van der Waals surface area contributed by atoms with Crippen molar-refractivity contribution in [3.63, 3.8) is 0 Å².